The highest BCUT2D eigenvalue weighted by Gasteiger charge is 2.23. The Hall–Kier alpha value is -2.97. The van der Waals surface area contributed by atoms with Gasteiger partial charge in [-0.2, -0.15) is 0 Å². The zero-order valence-electron chi connectivity index (χ0n) is 18.1. The molecule has 0 saturated heterocycles. The van der Waals surface area contributed by atoms with Crippen LogP contribution in [0.15, 0.2) is 62.6 Å². The molecule has 4 aromatic rings. The van der Waals surface area contributed by atoms with E-state index in [1.165, 1.54) is 22.7 Å². The summed E-state index contributed by atoms with van der Waals surface area (Å²) in [6.45, 7) is 2.89. The maximum atomic E-state index is 13.1. The molecule has 8 heteroatoms. The Morgan fingerprint density at radius 2 is 1.66 bits per heavy atom. The molecule has 0 unspecified atom stereocenters. The number of hydrogen-bond acceptors (Lipinski definition) is 4. The van der Waals surface area contributed by atoms with Crippen molar-refractivity contribution >= 4 is 27.1 Å². The van der Waals surface area contributed by atoms with Crippen LogP contribution in [-0.4, -0.2) is 30.1 Å². The van der Waals surface area contributed by atoms with Crippen molar-refractivity contribution in [2.75, 3.05) is 6.54 Å². The van der Waals surface area contributed by atoms with E-state index in [2.05, 4.69) is 45.1 Å². The number of hydrogen-bond donors (Lipinski definition) is 0. The Kier molecular flexibility index (Phi) is 5.35. The van der Waals surface area contributed by atoms with Crippen LogP contribution < -0.4 is 11.2 Å². The van der Waals surface area contributed by atoms with Crippen LogP contribution in [0, 0.1) is 0 Å². The lowest BCUT2D eigenvalue weighted by Crippen LogP contribution is -2.37. The van der Waals surface area contributed by atoms with E-state index in [1.807, 2.05) is 28.8 Å². The molecule has 7 nitrogen and oxygen atoms in total. The van der Waals surface area contributed by atoms with Crippen LogP contribution in [0.3, 0.4) is 0 Å². The van der Waals surface area contributed by atoms with E-state index in [1.54, 1.807) is 7.05 Å². The maximum Gasteiger partial charge on any atom is 0.332 e. The predicted octanol–water partition coefficient (Wildman–Crippen LogP) is 2.80. The zero-order chi connectivity index (χ0) is 22.4. The van der Waals surface area contributed by atoms with Gasteiger partial charge in [0.25, 0.3) is 5.56 Å². The van der Waals surface area contributed by atoms with Gasteiger partial charge in [0, 0.05) is 38.2 Å². The fraction of sp³-hybridized carbons (Fsp3) is 0.292. The van der Waals surface area contributed by atoms with E-state index in [4.69, 9.17) is 4.98 Å². The number of aryl methyl sites for hydroxylation is 1. The molecule has 0 spiro atoms. The van der Waals surface area contributed by atoms with Crippen LogP contribution in [-0.2, 0) is 40.2 Å². The number of halogens is 1. The number of imidazole rings is 1. The molecular formula is C24H24BrN5O2. The van der Waals surface area contributed by atoms with Gasteiger partial charge in [-0.3, -0.25) is 18.8 Å². The van der Waals surface area contributed by atoms with Gasteiger partial charge in [-0.15, -0.1) is 0 Å². The Bertz CT molecular complexity index is 1430. The van der Waals surface area contributed by atoms with Gasteiger partial charge < -0.3 is 4.57 Å². The van der Waals surface area contributed by atoms with Crippen LogP contribution in [0.25, 0.3) is 11.2 Å². The lowest BCUT2D eigenvalue weighted by molar-refractivity contribution is 0.237. The highest BCUT2D eigenvalue weighted by atomic mass is 79.9. The second-order valence-corrected chi connectivity index (χ2v) is 9.26. The number of benzene rings is 2. The minimum Gasteiger partial charge on any atom is -0.317 e. The van der Waals surface area contributed by atoms with E-state index in [0.29, 0.717) is 24.3 Å². The fourth-order valence-electron chi connectivity index (χ4n) is 4.44. The third-order valence-electron chi connectivity index (χ3n) is 6.26. The summed E-state index contributed by atoms with van der Waals surface area (Å²) in [4.78, 5) is 32.8. The van der Waals surface area contributed by atoms with Crippen molar-refractivity contribution in [1.82, 2.24) is 23.6 Å². The first-order valence-corrected chi connectivity index (χ1v) is 11.4. The third kappa shape index (κ3) is 3.63. The normalized spacial score (nSPS) is 14.1. The van der Waals surface area contributed by atoms with Crippen molar-refractivity contribution in [1.29, 1.82) is 0 Å². The first-order valence-electron chi connectivity index (χ1n) is 10.6. The highest BCUT2D eigenvalue weighted by Crippen LogP contribution is 2.22. The summed E-state index contributed by atoms with van der Waals surface area (Å²) in [5.41, 5.74) is 4.00. The molecular weight excluding hydrogens is 470 g/mol. The van der Waals surface area contributed by atoms with Gasteiger partial charge in [-0.1, -0.05) is 52.3 Å². The van der Waals surface area contributed by atoms with E-state index in [0.717, 1.165) is 39.9 Å². The number of fused-ring (bicyclic) bond motifs is 2. The Morgan fingerprint density at radius 1 is 0.938 bits per heavy atom. The molecule has 0 amide bonds. The minimum atomic E-state index is -0.366. The van der Waals surface area contributed by atoms with Crippen molar-refractivity contribution in [3.05, 3.63) is 96.4 Å². The number of aromatic nitrogens is 4. The van der Waals surface area contributed by atoms with Gasteiger partial charge in [0.1, 0.15) is 5.82 Å². The van der Waals surface area contributed by atoms with Gasteiger partial charge in [0.05, 0.1) is 6.54 Å². The second kappa shape index (κ2) is 8.18. The van der Waals surface area contributed by atoms with Crippen LogP contribution in [0.1, 0.15) is 22.5 Å². The molecule has 5 rings (SSSR count). The summed E-state index contributed by atoms with van der Waals surface area (Å²) >= 11 is 3.48. The van der Waals surface area contributed by atoms with Crippen LogP contribution >= 0.6 is 15.9 Å². The Labute approximate surface area is 193 Å². The SMILES string of the molecule is Cn1c(=O)c2c(nc(CN3CCc4ccccc4C3)n2Cc2ccc(Br)cc2)n(C)c1=O. The van der Waals surface area contributed by atoms with Gasteiger partial charge in [-0.25, -0.2) is 9.78 Å². The summed E-state index contributed by atoms with van der Waals surface area (Å²) in [5, 5.41) is 0. The van der Waals surface area contributed by atoms with E-state index in [9.17, 15) is 9.59 Å². The van der Waals surface area contributed by atoms with Crippen LogP contribution in [0.4, 0.5) is 0 Å². The molecule has 0 atom stereocenters. The van der Waals surface area contributed by atoms with Gasteiger partial charge in [-0.05, 0) is 35.2 Å². The van der Waals surface area contributed by atoms with Crippen molar-refractivity contribution in [2.24, 2.45) is 14.1 Å². The molecule has 0 radical (unpaired) electrons. The summed E-state index contributed by atoms with van der Waals surface area (Å²) < 4.78 is 5.59. The van der Waals surface area contributed by atoms with Crippen molar-refractivity contribution in [3.8, 4) is 0 Å². The average molecular weight is 494 g/mol. The standard InChI is InChI=1S/C24H24BrN5O2/c1-27-22-21(23(31)28(2)24(27)32)30(13-16-7-9-19(25)10-8-16)20(26-22)15-29-12-11-17-5-3-4-6-18(17)14-29/h3-10H,11-15H2,1-2H3. The van der Waals surface area contributed by atoms with Crippen molar-refractivity contribution in [3.63, 3.8) is 0 Å². The fourth-order valence-corrected chi connectivity index (χ4v) is 4.71. The quantitative estimate of drug-likeness (QED) is 0.438. The molecule has 2 aromatic carbocycles. The van der Waals surface area contributed by atoms with Gasteiger partial charge >= 0.3 is 5.69 Å². The zero-order valence-corrected chi connectivity index (χ0v) is 19.7. The lowest BCUT2D eigenvalue weighted by atomic mass is 10.00. The van der Waals surface area contributed by atoms with Gasteiger partial charge in [0.15, 0.2) is 11.2 Å². The second-order valence-electron chi connectivity index (χ2n) is 8.35. The molecule has 32 heavy (non-hydrogen) atoms. The first-order chi connectivity index (χ1) is 15.4. The van der Waals surface area contributed by atoms with E-state index < -0.39 is 0 Å². The molecule has 0 saturated carbocycles. The molecule has 0 fully saturated rings. The highest BCUT2D eigenvalue weighted by molar-refractivity contribution is 9.10. The monoisotopic (exact) mass is 493 g/mol. The molecule has 0 N–H and O–H groups in total. The smallest absolute Gasteiger partial charge is 0.317 e. The Morgan fingerprint density at radius 3 is 2.41 bits per heavy atom. The van der Waals surface area contributed by atoms with Gasteiger partial charge in [0.2, 0.25) is 0 Å². The maximum absolute atomic E-state index is 13.1. The summed E-state index contributed by atoms with van der Waals surface area (Å²) in [6.07, 6.45) is 0.989. The molecule has 0 aliphatic carbocycles. The van der Waals surface area contributed by atoms with E-state index >= 15 is 0 Å². The molecule has 3 heterocycles. The number of rotatable bonds is 4. The molecule has 1 aliphatic heterocycles. The first kappa shape index (κ1) is 20.9. The summed E-state index contributed by atoms with van der Waals surface area (Å²) in [7, 11) is 3.18. The molecule has 0 bridgehead atoms. The average Bonchev–Trinajstić information content (AvgIpc) is 3.15. The van der Waals surface area contributed by atoms with Crippen molar-refractivity contribution < 1.29 is 0 Å². The van der Waals surface area contributed by atoms with Crippen LogP contribution in [0.2, 0.25) is 0 Å². The molecule has 1 aliphatic rings. The van der Waals surface area contributed by atoms with E-state index in [-0.39, 0.29) is 11.2 Å². The third-order valence-corrected chi connectivity index (χ3v) is 6.78. The topological polar surface area (TPSA) is 65.1 Å². The molecule has 2 aromatic heterocycles. The Balaban J connectivity index is 1.60. The minimum absolute atomic E-state index is 0.317. The summed E-state index contributed by atoms with van der Waals surface area (Å²) in [6, 6.07) is 16.6. The molecule has 164 valence electrons. The van der Waals surface area contributed by atoms with Crippen LogP contribution in [0.5, 0.6) is 0 Å². The number of nitrogens with zero attached hydrogens (tertiary/aromatic N) is 5. The largest absolute Gasteiger partial charge is 0.332 e. The lowest BCUT2D eigenvalue weighted by Gasteiger charge is -2.28. The van der Waals surface area contributed by atoms with Crippen molar-refractivity contribution in [2.45, 2.75) is 26.1 Å². The summed E-state index contributed by atoms with van der Waals surface area (Å²) in [5.74, 6) is 0.792. The predicted molar refractivity (Wildman–Crippen MR) is 128 cm³/mol.